The third kappa shape index (κ3) is 2.35. The first-order valence-electron chi connectivity index (χ1n) is 7.47. The molecule has 5 heteroatoms. The van der Waals surface area contributed by atoms with E-state index in [1.165, 1.54) is 11.1 Å². The molecule has 0 saturated heterocycles. The smallest absolute Gasteiger partial charge is 0.227 e. The Kier molecular flexibility index (Phi) is 3.11. The molecule has 0 saturated carbocycles. The summed E-state index contributed by atoms with van der Waals surface area (Å²) in [5, 5.41) is 4.26. The first kappa shape index (κ1) is 13.0. The van der Waals surface area contributed by atoms with E-state index in [-0.39, 0.29) is 0 Å². The standard InChI is InChI=1S/C17H17N5/c1-13-11-16(22-9-4-8-18-22)20-17(19-13)21-10-7-14-5-2-3-6-15(14)12-21/h2-6,8-9,11H,7,10,12H2,1H3. The lowest BCUT2D eigenvalue weighted by Crippen LogP contribution is -2.32. The second kappa shape index (κ2) is 5.26. The van der Waals surface area contributed by atoms with E-state index in [1.54, 1.807) is 10.9 Å². The van der Waals surface area contributed by atoms with E-state index in [1.807, 2.05) is 25.3 Å². The summed E-state index contributed by atoms with van der Waals surface area (Å²) in [6, 6.07) is 12.4. The predicted molar refractivity (Wildman–Crippen MR) is 85.1 cm³/mol. The van der Waals surface area contributed by atoms with Gasteiger partial charge in [0.25, 0.3) is 0 Å². The van der Waals surface area contributed by atoms with Gasteiger partial charge in [-0.15, -0.1) is 0 Å². The van der Waals surface area contributed by atoms with E-state index in [4.69, 9.17) is 0 Å². The average molecular weight is 291 g/mol. The molecule has 0 unspecified atom stereocenters. The summed E-state index contributed by atoms with van der Waals surface area (Å²) in [6.07, 6.45) is 4.69. The molecule has 5 nitrogen and oxygen atoms in total. The van der Waals surface area contributed by atoms with Crippen LogP contribution in [0.1, 0.15) is 16.8 Å². The van der Waals surface area contributed by atoms with Crippen molar-refractivity contribution in [1.82, 2.24) is 19.7 Å². The maximum Gasteiger partial charge on any atom is 0.227 e. The molecular weight excluding hydrogens is 274 g/mol. The van der Waals surface area contributed by atoms with Crippen LogP contribution in [0.3, 0.4) is 0 Å². The fourth-order valence-corrected chi connectivity index (χ4v) is 2.87. The van der Waals surface area contributed by atoms with Crippen LogP contribution in [0.25, 0.3) is 5.82 Å². The minimum atomic E-state index is 0.778. The van der Waals surface area contributed by atoms with Crippen LogP contribution in [-0.2, 0) is 13.0 Å². The molecule has 1 aromatic carbocycles. The Labute approximate surface area is 129 Å². The lowest BCUT2D eigenvalue weighted by atomic mass is 10.0. The Morgan fingerprint density at radius 3 is 2.73 bits per heavy atom. The SMILES string of the molecule is Cc1cc(-n2cccn2)nc(N2CCc3ccccc3C2)n1. The predicted octanol–water partition coefficient (Wildman–Crippen LogP) is 2.53. The summed E-state index contributed by atoms with van der Waals surface area (Å²) in [5.41, 5.74) is 3.74. The lowest BCUT2D eigenvalue weighted by Gasteiger charge is -2.29. The Balaban J connectivity index is 1.69. The van der Waals surface area contributed by atoms with Gasteiger partial charge in [0.15, 0.2) is 5.82 Å². The van der Waals surface area contributed by atoms with Crippen LogP contribution in [0.2, 0.25) is 0 Å². The van der Waals surface area contributed by atoms with Gasteiger partial charge in [-0.2, -0.15) is 10.1 Å². The molecule has 3 aromatic rings. The zero-order valence-corrected chi connectivity index (χ0v) is 12.5. The average Bonchev–Trinajstić information content (AvgIpc) is 3.08. The lowest BCUT2D eigenvalue weighted by molar-refractivity contribution is 0.699. The van der Waals surface area contributed by atoms with Gasteiger partial charge in [-0.05, 0) is 30.5 Å². The monoisotopic (exact) mass is 291 g/mol. The topological polar surface area (TPSA) is 46.8 Å². The summed E-state index contributed by atoms with van der Waals surface area (Å²) < 4.78 is 1.77. The minimum absolute atomic E-state index is 0.778. The molecule has 1 aliphatic rings. The van der Waals surface area contributed by atoms with Gasteiger partial charge in [0.2, 0.25) is 5.95 Å². The second-order valence-electron chi connectivity index (χ2n) is 5.56. The number of hydrogen-bond acceptors (Lipinski definition) is 4. The van der Waals surface area contributed by atoms with Crippen molar-refractivity contribution < 1.29 is 0 Å². The van der Waals surface area contributed by atoms with Crippen LogP contribution in [0.5, 0.6) is 0 Å². The van der Waals surface area contributed by atoms with E-state index >= 15 is 0 Å². The van der Waals surface area contributed by atoms with Crippen molar-refractivity contribution in [2.24, 2.45) is 0 Å². The molecular formula is C17H17N5. The zero-order chi connectivity index (χ0) is 14.9. The van der Waals surface area contributed by atoms with Crippen molar-refractivity contribution >= 4 is 5.95 Å². The van der Waals surface area contributed by atoms with Crippen molar-refractivity contribution in [2.75, 3.05) is 11.4 Å². The van der Waals surface area contributed by atoms with Crippen molar-refractivity contribution in [3.63, 3.8) is 0 Å². The molecule has 0 amide bonds. The van der Waals surface area contributed by atoms with E-state index in [2.05, 4.69) is 44.2 Å². The molecule has 0 radical (unpaired) electrons. The fourth-order valence-electron chi connectivity index (χ4n) is 2.87. The number of rotatable bonds is 2. The normalized spacial score (nSPS) is 14.0. The third-order valence-electron chi connectivity index (χ3n) is 3.98. The fraction of sp³-hybridized carbons (Fsp3) is 0.235. The van der Waals surface area contributed by atoms with E-state index in [0.29, 0.717) is 0 Å². The number of anilines is 1. The Hall–Kier alpha value is -2.69. The number of hydrogen-bond donors (Lipinski definition) is 0. The number of aromatic nitrogens is 4. The number of aryl methyl sites for hydroxylation is 1. The van der Waals surface area contributed by atoms with Crippen LogP contribution in [0, 0.1) is 6.92 Å². The van der Waals surface area contributed by atoms with Crippen LogP contribution in [0.4, 0.5) is 5.95 Å². The molecule has 0 spiro atoms. The first-order valence-corrected chi connectivity index (χ1v) is 7.47. The van der Waals surface area contributed by atoms with Gasteiger partial charge in [0.1, 0.15) is 0 Å². The Bertz CT molecular complexity index is 795. The Morgan fingerprint density at radius 2 is 1.91 bits per heavy atom. The van der Waals surface area contributed by atoms with Gasteiger partial charge < -0.3 is 4.90 Å². The molecule has 0 fully saturated rings. The van der Waals surface area contributed by atoms with Crippen LogP contribution >= 0.6 is 0 Å². The van der Waals surface area contributed by atoms with Crippen LogP contribution in [-0.4, -0.2) is 26.3 Å². The van der Waals surface area contributed by atoms with Gasteiger partial charge in [-0.3, -0.25) is 0 Å². The van der Waals surface area contributed by atoms with Gasteiger partial charge in [0, 0.05) is 37.2 Å². The highest BCUT2D eigenvalue weighted by Crippen LogP contribution is 2.22. The highest BCUT2D eigenvalue weighted by Gasteiger charge is 2.19. The van der Waals surface area contributed by atoms with Crippen LogP contribution < -0.4 is 4.90 Å². The van der Waals surface area contributed by atoms with E-state index in [9.17, 15) is 0 Å². The summed E-state index contributed by atoms with van der Waals surface area (Å²) in [6.45, 7) is 3.80. The molecule has 4 rings (SSSR count). The summed E-state index contributed by atoms with van der Waals surface area (Å²) >= 11 is 0. The van der Waals surface area contributed by atoms with Crippen molar-refractivity contribution in [3.8, 4) is 5.82 Å². The molecule has 0 N–H and O–H groups in total. The van der Waals surface area contributed by atoms with Gasteiger partial charge >= 0.3 is 0 Å². The second-order valence-corrected chi connectivity index (χ2v) is 5.56. The van der Waals surface area contributed by atoms with E-state index in [0.717, 1.165) is 37.0 Å². The molecule has 3 heterocycles. The van der Waals surface area contributed by atoms with Crippen LogP contribution in [0.15, 0.2) is 48.8 Å². The highest BCUT2D eigenvalue weighted by molar-refractivity contribution is 5.42. The molecule has 1 aliphatic heterocycles. The summed E-state index contributed by atoms with van der Waals surface area (Å²) in [7, 11) is 0. The van der Waals surface area contributed by atoms with E-state index < -0.39 is 0 Å². The highest BCUT2D eigenvalue weighted by atomic mass is 15.3. The van der Waals surface area contributed by atoms with Gasteiger partial charge in [0.05, 0.1) is 0 Å². The van der Waals surface area contributed by atoms with Crippen molar-refractivity contribution in [1.29, 1.82) is 0 Å². The number of benzene rings is 1. The molecule has 0 atom stereocenters. The molecule has 2 aromatic heterocycles. The molecule has 0 aliphatic carbocycles. The maximum atomic E-state index is 4.69. The van der Waals surface area contributed by atoms with Gasteiger partial charge in [-0.25, -0.2) is 9.67 Å². The molecule has 0 bridgehead atoms. The largest absolute Gasteiger partial charge is 0.336 e. The summed E-state index contributed by atoms with van der Waals surface area (Å²) in [4.78, 5) is 11.5. The Morgan fingerprint density at radius 1 is 1.05 bits per heavy atom. The quantitative estimate of drug-likeness (QED) is 0.728. The van der Waals surface area contributed by atoms with Crippen molar-refractivity contribution in [2.45, 2.75) is 19.9 Å². The third-order valence-corrected chi connectivity index (χ3v) is 3.98. The first-order chi connectivity index (χ1) is 10.8. The molecule has 22 heavy (non-hydrogen) atoms. The van der Waals surface area contributed by atoms with Gasteiger partial charge in [-0.1, -0.05) is 24.3 Å². The number of fused-ring (bicyclic) bond motifs is 1. The maximum absolute atomic E-state index is 4.69. The number of nitrogens with zero attached hydrogens (tertiary/aromatic N) is 5. The van der Waals surface area contributed by atoms with Crippen molar-refractivity contribution in [3.05, 3.63) is 65.6 Å². The summed E-state index contributed by atoms with van der Waals surface area (Å²) in [5.74, 6) is 1.59. The zero-order valence-electron chi connectivity index (χ0n) is 12.5. The molecule has 110 valence electrons. The minimum Gasteiger partial charge on any atom is -0.336 e.